The lowest BCUT2D eigenvalue weighted by molar-refractivity contribution is 0.1000. The number of nitrogens with one attached hydrogen (secondary N) is 1. The maximum absolute atomic E-state index is 12.4. The van der Waals surface area contributed by atoms with Crippen molar-refractivity contribution in [1.82, 2.24) is 14.5 Å². The van der Waals surface area contributed by atoms with Crippen molar-refractivity contribution in [3.05, 3.63) is 65.0 Å². The molecule has 0 fully saturated rings. The van der Waals surface area contributed by atoms with Crippen molar-refractivity contribution < 1.29 is 4.79 Å². The summed E-state index contributed by atoms with van der Waals surface area (Å²) in [6, 6.07) is 8.22. The Balaban J connectivity index is 2.15. The number of carbonyl (C=O) groups is 1. The van der Waals surface area contributed by atoms with Gasteiger partial charge in [-0.05, 0) is 37.8 Å². The number of primary amides is 1. The van der Waals surface area contributed by atoms with E-state index >= 15 is 0 Å². The molecule has 0 bridgehead atoms. The fourth-order valence-electron chi connectivity index (χ4n) is 3.80. The van der Waals surface area contributed by atoms with Gasteiger partial charge in [0.05, 0.1) is 11.9 Å². The number of rotatable bonds is 8. The summed E-state index contributed by atoms with van der Waals surface area (Å²) in [6.45, 7) is 7.07. The lowest BCUT2D eigenvalue weighted by atomic mass is 9.94. The minimum absolute atomic E-state index is 0.358. The molecular formula is C22H28N4O. The highest BCUT2D eigenvalue weighted by atomic mass is 16.1. The molecule has 0 atom stereocenters. The van der Waals surface area contributed by atoms with Crippen LogP contribution in [0.4, 0.5) is 0 Å². The number of amides is 1. The van der Waals surface area contributed by atoms with Crippen molar-refractivity contribution in [2.45, 2.75) is 53.0 Å². The SMILES string of the molecule is CCCCc1c(-c2ccccc2C)c(C(N)=O)c(C)n1CCc1cnc[nH]1. The van der Waals surface area contributed by atoms with Gasteiger partial charge in [0.2, 0.25) is 0 Å². The molecule has 2 aromatic heterocycles. The van der Waals surface area contributed by atoms with Crippen LogP contribution >= 0.6 is 0 Å². The van der Waals surface area contributed by atoms with Gasteiger partial charge in [0.15, 0.2) is 0 Å². The Hall–Kier alpha value is -2.82. The second-order valence-electron chi connectivity index (χ2n) is 7.04. The normalized spacial score (nSPS) is 11.1. The van der Waals surface area contributed by atoms with Crippen molar-refractivity contribution in [3.8, 4) is 11.1 Å². The summed E-state index contributed by atoms with van der Waals surface area (Å²) in [5.74, 6) is -0.358. The van der Waals surface area contributed by atoms with E-state index in [0.29, 0.717) is 5.56 Å². The zero-order chi connectivity index (χ0) is 19.4. The number of aryl methyl sites for hydroxylation is 2. The summed E-state index contributed by atoms with van der Waals surface area (Å²) in [4.78, 5) is 19.7. The van der Waals surface area contributed by atoms with E-state index in [9.17, 15) is 4.79 Å². The third-order valence-corrected chi connectivity index (χ3v) is 5.22. The molecule has 0 aliphatic carbocycles. The predicted octanol–water partition coefficient (Wildman–Crippen LogP) is 4.18. The zero-order valence-corrected chi connectivity index (χ0v) is 16.4. The maximum atomic E-state index is 12.4. The second kappa shape index (κ2) is 8.25. The number of nitrogens with zero attached hydrogens (tertiary/aromatic N) is 2. The third-order valence-electron chi connectivity index (χ3n) is 5.22. The molecule has 0 aliphatic heterocycles. The first-order chi connectivity index (χ1) is 13.0. The van der Waals surface area contributed by atoms with Gasteiger partial charge in [-0.15, -0.1) is 0 Å². The molecule has 0 saturated carbocycles. The molecule has 0 radical (unpaired) electrons. The summed E-state index contributed by atoms with van der Waals surface area (Å²) in [5.41, 5.74) is 13.0. The first kappa shape index (κ1) is 19.0. The van der Waals surface area contributed by atoms with Crippen LogP contribution in [0.15, 0.2) is 36.8 Å². The fraction of sp³-hybridized carbons (Fsp3) is 0.364. The van der Waals surface area contributed by atoms with Crippen LogP contribution in [0.25, 0.3) is 11.1 Å². The first-order valence-electron chi connectivity index (χ1n) is 9.59. The minimum atomic E-state index is -0.358. The molecule has 1 aromatic carbocycles. The number of hydrogen-bond acceptors (Lipinski definition) is 2. The van der Waals surface area contributed by atoms with Crippen LogP contribution in [0.3, 0.4) is 0 Å². The second-order valence-corrected chi connectivity index (χ2v) is 7.04. The highest BCUT2D eigenvalue weighted by Crippen LogP contribution is 2.35. The fourth-order valence-corrected chi connectivity index (χ4v) is 3.80. The van der Waals surface area contributed by atoms with E-state index in [1.807, 2.05) is 25.3 Å². The number of aromatic nitrogens is 3. The van der Waals surface area contributed by atoms with Crippen molar-refractivity contribution in [1.29, 1.82) is 0 Å². The van der Waals surface area contributed by atoms with Gasteiger partial charge in [-0.25, -0.2) is 4.98 Å². The van der Waals surface area contributed by atoms with Gasteiger partial charge in [-0.3, -0.25) is 4.79 Å². The summed E-state index contributed by atoms with van der Waals surface area (Å²) in [5, 5.41) is 0. The molecule has 0 saturated heterocycles. The number of unbranched alkanes of at least 4 members (excludes halogenated alkanes) is 1. The topological polar surface area (TPSA) is 76.7 Å². The van der Waals surface area contributed by atoms with E-state index in [4.69, 9.17) is 5.73 Å². The number of nitrogens with two attached hydrogens (primary N) is 1. The molecule has 5 heteroatoms. The van der Waals surface area contributed by atoms with E-state index in [-0.39, 0.29) is 5.91 Å². The Morgan fingerprint density at radius 3 is 2.63 bits per heavy atom. The van der Waals surface area contributed by atoms with E-state index < -0.39 is 0 Å². The van der Waals surface area contributed by atoms with Gasteiger partial charge < -0.3 is 15.3 Å². The molecule has 1 amide bonds. The number of imidazole rings is 1. The van der Waals surface area contributed by atoms with Crippen molar-refractivity contribution >= 4 is 5.91 Å². The minimum Gasteiger partial charge on any atom is -0.366 e. The van der Waals surface area contributed by atoms with Crippen LogP contribution in [-0.2, 0) is 19.4 Å². The number of carbonyl (C=O) groups excluding carboxylic acids is 1. The number of hydrogen-bond donors (Lipinski definition) is 2. The van der Waals surface area contributed by atoms with Crippen LogP contribution in [0.2, 0.25) is 0 Å². The Morgan fingerprint density at radius 1 is 1.22 bits per heavy atom. The molecule has 0 aliphatic rings. The van der Waals surface area contributed by atoms with Crippen LogP contribution < -0.4 is 5.73 Å². The van der Waals surface area contributed by atoms with E-state index in [1.165, 1.54) is 5.69 Å². The average Bonchev–Trinajstić information content (AvgIpc) is 3.25. The summed E-state index contributed by atoms with van der Waals surface area (Å²) < 4.78 is 2.28. The van der Waals surface area contributed by atoms with E-state index in [1.54, 1.807) is 6.33 Å². The monoisotopic (exact) mass is 364 g/mol. The van der Waals surface area contributed by atoms with Crippen LogP contribution in [-0.4, -0.2) is 20.4 Å². The molecular weight excluding hydrogens is 336 g/mol. The van der Waals surface area contributed by atoms with E-state index in [2.05, 4.69) is 40.5 Å². The first-order valence-corrected chi connectivity index (χ1v) is 9.59. The van der Waals surface area contributed by atoms with Crippen LogP contribution in [0, 0.1) is 13.8 Å². The highest BCUT2D eigenvalue weighted by molar-refractivity contribution is 6.02. The maximum Gasteiger partial charge on any atom is 0.251 e. The Morgan fingerprint density at radius 2 is 2.00 bits per heavy atom. The van der Waals surface area contributed by atoms with Crippen LogP contribution in [0.5, 0.6) is 0 Å². The average molecular weight is 364 g/mol. The smallest absolute Gasteiger partial charge is 0.251 e. The van der Waals surface area contributed by atoms with Gasteiger partial charge in [0.1, 0.15) is 0 Å². The zero-order valence-electron chi connectivity index (χ0n) is 16.4. The molecule has 2 heterocycles. The Labute approximate surface area is 160 Å². The van der Waals surface area contributed by atoms with Crippen molar-refractivity contribution in [2.24, 2.45) is 5.73 Å². The quantitative estimate of drug-likeness (QED) is 0.629. The number of benzene rings is 1. The van der Waals surface area contributed by atoms with Crippen molar-refractivity contribution in [3.63, 3.8) is 0 Å². The summed E-state index contributed by atoms with van der Waals surface area (Å²) in [6.07, 6.45) is 7.48. The van der Waals surface area contributed by atoms with Gasteiger partial charge in [-0.2, -0.15) is 0 Å². The van der Waals surface area contributed by atoms with Gasteiger partial charge in [0, 0.05) is 41.8 Å². The molecule has 3 rings (SSSR count). The molecule has 0 unspecified atom stereocenters. The molecule has 3 N–H and O–H groups in total. The molecule has 142 valence electrons. The Kier molecular flexibility index (Phi) is 5.79. The molecule has 5 nitrogen and oxygen atoms in total. The number of H-pyrrole nitrogens is 1. The van der Waals surface area contributed by atoms with Gasteiger partial charge >= 0.3 is 0 Å². The third kappa shape index (κ3) is 3.82. The predicted molar refractivity (Wildman–Crippen MR) is 109 cm³/mol. The lowest BCUT2D eigenvalue weighted by Crippen LogP contribution is -2.14. The highest BCUT2D eigenvalue weighted by Gasteiger charge is 2.25. The lowest BCUT2D eigenvalue weighted by Gasteiger charge is -2.14. The standard InChI is InChI=1S/C22H28N4O/c1-4-5-10-19-21(18-9-7-6-8-15(18)2)20(22(23)27)16(3)26(19)12-11-17-13-24-14-25-17/h6-9,13-14H,4-5,10-12H2,1-3H3,(H2,23,27)(H,24,25). The number of aromatic amines is 1. The largest absolute Gasteiger partial charge is 0.366 e. The summed E-state index contributed by atoms with van der Waals surface area (Å²) >= 11 is 0. The molecule has 0 spiro atoms. The van der Waals surface area contributed by atoms with Crippen LogP contribution in [0.1, 0.15) is 52.8 Å². The molecule has 3 aromatic rings. The van der Waals surface area contributed by atoms with Gasteiger partial charge in [-0.1, -0.05) is 37.6 Å². The van der Waals surface area contributed by atoms with E-state index in [0.717, 1.165) is 60.3 Å². The van der Waals surface area contributed by atoms with Crippen molar-refractivity contribution in [2.75, 3.05) is 0 Å². The summed E-state index contributed by atoms with van der Waals surface area (Å²) in [7, 11) is 0. The molecule has 27 heavy (non-hydrogen) atoms. The Bertz CT molecular complexity index is 922. The van der Waals surface area contributed by atoms with Gasteiger partial charge in [0.25, 0.3) is 5.91 Å².